The molecule has 0 unspecified atom stereocenters. The lowest BCUT2D eigenvalue weighted by molar-refractivity contribution is 0.673. The highest BCUT2D eigenvalue weighted by Crippen LogP contribution is 2.46. The summed E-state index contributed by atoms with van der Waals surface area (Å²) < 4.78 is 9.10. The number of furan rings is 1. The van der Waals surface area contributed by atoms with Gasteiger partial charge in [0.1, 0.15) is 11.2 Å². The molecule has 69 heavy (non-hydrogen) atoms. The Bertz CT molecular complexity index is 4260. The Kier molecular flexibility index (Phi) is 8.90. The maximum Gasteiger partial charge on any atom is 0.143 e. The van der Waals surface area contributed by atoms with E-state index >= 15 is 0 Å². The Hall–Kier alpha value is -9.18. The number of hydrogen-bond donors (Lipinski definition) is 0. The van der Waals surface area contributed by atoms with E-state index in [-0.39, 0.29) is 0 Å². The highest BCUT2D eigenvalue weighted by Gasteiger charge is 2.22. The third-order valence-corrected chi connectivity index (χ3v) is 14.2. The van der Waals surface area contributed by atoms with Crippen molar-refractivity contribution in [3.63, 3.8) is 0 Å². The van der Waals surface area contributed by atoms with Gasteiger partial charge in [-0.3, -0.25) is 0 Å². The van der Waals surface area contributed by atoms with Crippen molar-refractivity contribution in [3.8, 4) is 39.1 Å². The van der Waals surface area contributed by atoms with Crippen LogP contribution in [0.25, 0.3) is 115 Å². The SMILES string of the molecule is c1cc(-c2ccc(N(c3ccc(-c4ccc5ccc6ccccc6c5c4)cc3)c3ccccc3-c3cccc4oc5c6ccccc6ccc5c34)cc2)cc(-n2c3ccccc3c3ccccc32)c1. The molecular formula is C66H42N2O. The fourth-order valence-electron chi connectivity index (χ4n) is 10.9. The molecule has 0 aliphatic heterocycles. The van der Waals surface area contributed by atoms with E-state index in [1.807, 2.05) is 0 Å². The lowest BCUT2D eigenvalue weighted by Crippen LogP contribution is -2.11. The highest BCUT2D eigenvalue weighted by atomic mass is 16.3. The third kappa shape index (κ3) is 6.36. The monoisotopic (exact) mass is 878 g/mol. The number of hydrogen-bond acceptors (Lipinski definition) is 2. The summed E-state index contributed by atoms with van der Waals surface area (Å²) in [6.45, 7) is 0. The van der Waals surface area contributed by atoms with E-state index in [1.165, 1.54) is 59.9 Å². The molecule has 0 atom stereocenters. The molecule has 14 rings (SSSR count). The Morgan fingerprint density at radius 1 is 0.319 bits per heavy atom. The molecule has 0 fully saturated rings. The highest BCUT2D eigenvalue weighted by molar-refractivity contribution is 6.20. The molecule has 14 aromatic rings. The van der Waals surface area contributed by atoms with Crippen LogP contribution in [0.4, 0.5) is 17.1 Å². The Balaban J connectivity index is 0.908. The predicted molar refractivity (Wildman–Crippen MR) is 292 cm³/mol. The van der Waals surface area contributed by atoms with Crippen molar-refractivity contribution < 1.29 is 4.42 Å². The number of fused-ring (bicyclic) bond motifs is 11. The zero-order chi connectivity index (χ0) is 45.4. The number of benzene rings is 12. The second kappa shape index (κ2) is 15.7. The van der Waals surface area contributed by atoms with Crippen molar-refractivity contribution in [3.05, 3.63) is 255 Å². The van der Waals surface area contributed by atoms with Crippen molar-refractivity contribution in [1.82, 2.24) is 4.57 Å². The fraction of sp³-hybridized carbons (Fsp3) is 0. The predicted octanol–water partition coefficient (Wildman–Crippen LogP) is 18.6. The van der Waals surface area contributed by atoms with Crippen molar-refractivity contribution >= 4 is 93.1 Å². The molecule has 0 N–H and O–H groups in total. The molecule has 0 aliphatic rings. The number of anilines is 3. The molecule has 0 aliphatic carbocycles. The number of aromatic nitrogens is 1. The van der Waals surface area contributed by atoms with Gasteiger partial charge in [0.15, 0.2) is 0 Å². The molecule has 0 saturated carbocycles. The molecule has 322 valence electrons. The second-order valence-corrected chi connectivity index (χ2v) is 18.0. The van der Waals surface area contributed by atoms with Gasteiger partial charge in [-0.15, -0.1) is 0 Å². The number of para-hydroxylation sites is 3. The van der Waals surface area contributed by atoms with Crippen LogP contribution in [-0.4, -0.2) is 4.57 Å². The van der Waals surface area contributed by atoms with Gasteiger partial charge in [0.25, 0.3) is 0 Å². The van der Waals surface area contributed by atoms with Crippen LogP contribution in [0, 0.1) is 0 Å². The molecule has 2 aromatic heterocycles. The fourth-order valence-corrected chi connectivity index (χ4v) is 10.9. The Labute approximate surface area is 399 Å². The first-order valence-corrected chi connectivity index (χ1v) is 23.7. The topological polar surface area (TPSA) is 21.3 Å². The van der Waals surface area contributed by atoms with Gasteiger partial charge in [0.2, 0.25) is 0 Å². The van der Waals surface area contributed by atoms with E-state index < -0.39 is 0 Å². The van der Waals surface area contributed by atoms with Crippen LogP contribution in [0.2, 0.25) is 0 Å². The summed E-state index contributed by atoms with van der Waals surface area (Å²) in [6, 6.07) is 92.5. The van der Waals surface area contributed by atoms with Gasteiger partial charge in [-0.1, -0.05) is 182 Å². The summed E-state index contributed by atoms with van der Waals surface area (Å²) in [5.41, 5.74) is 15.4. The van der Waals surface area contributed by atoms with Crippen molar-refractivity contribution in [2.45, 2.75) is 0 Å². The van der Waals surface area contributed by atoms with E-state index in [0.29, 0.717) is 0 Å². The third-order valence-electron chi connectivity index (χ3n) is 14.2. The molecule has 12 aromatic carbocycles. The van der Waals surface area contributed by atoms with Gasteiger partial charge in [-0.2, -0.15) is 0 Å². The smallest absolute Gasteiger partial charge is 0.143 e. The Morgan fingerprint density at radius 2 is 0.841 bits per heavy atom. The maximum atomic E-state index is 6.72. The van der Waals surface area contributed by atoms with Gasteiger partial charge in [-0.05, 0) is 128 Å². The van der Waals surface area contributed by atoms with E-state index in [0.717, 1.165) is 72.3 Å². The van der Waals surface area contributed by atoms with Crippen LogP contribution >= 0.6 is 0 Å². The van der Waals surface area contributed by atoms with Crippen LogP contribution in [-0.2, 0) is 0 Å². The molecule has 2 heterocycles. The largest absolute Gasteiger partial charge is 0.455 e. The summed E-state index contributed by atoms with van der Waals surface area (Å²) in [7, 11) is 0. The summed E-state index contributed by atoms with van der Waals surface area (Å²) in [4.78, 5) is 2.40. The van der Waals surface area contributed by atoms with E-state index in [9.17, 15) is 0 Å². The van der Waals surface area contributed by atoms with Gasteiger partial charge in [0, 0.05) is 49.6 Å². The van der Waals surface area contributed by atoms with E-state index in [4.69, 9.17) is 4.42 Å². The number of rotatable bonds is 7. The zero-order valence-corrected chi connectivity index (χ0v) is 37.6. The molecule has 0 spiro atoms. The van der Waals surface area contributed by atoms with Crippen LogP contribution in [0.3, 0.4) is 0 Å². The van der Waals surface area contributed by atoms with Crippen LogP contribution in [0.15, 0.2) is 259 Å². The maximum absolute atomic E-state index is 6.72. The minimum Gasteiger partial charge on any atom is -0.455 e. The summed E-state index contributed by atoms with van der Waals surface area (Å²) in [5, 5.41) is 12.1. The lowest BCUT2D eigenvalue weighted by Gasteiger charge is -2.28. The lowest BCUT2D eigenvalue weighted by atomic mass is 9.95. The zero-order valence-electron chi connectivity index (χ0n) is 37.6. The summed E-state index contributed by atoms with van der Waals surface area (Å²) in [5.74, 6) is 0. The van der Waals surface area contributed by atoms with Crippen molar-refractivity contribution in [2.24, 2.45) is 0 Å². The van der Waals surface area contributed by atoms with Crippen molar-refractivity contribution in [1.29, 1.82) is 0 Å². The van der Waals surface area contributed by atoms with Gasteiger partial charge >= 0.3 is 0 Å². The van der Waals surface area contributed by atoms with Crippen LogP contribution in [0.5, 0.6) is 0 Å². The average Bonchev–Trinajstić information content (AvgIpc) is 3.98. The van der Waals surface area contributed by atoms with E-state index in [2.05, 4.69) is 264 Å². The standard InChI is InChI=1S/C66H42N2O/c1-3-17-53-45(13-1)27-28-47-29-30-49(42-60(47)53)44-33-38-51(39-34-44)67(61-23-8-7-21-57(61)58-22-12-26-64-65(58)59-40-35-46-14-2-4-18-54(46)66(59)69-64)50-36-31-43(32-37-50)48-15-11-16-52(41-48)68-62-24-9-5-19-55(62)56-20-6-10-25-63(56)68/h1-42H. The molecular weight excluding hydrogens is 837 g/mol. The van der Waals surface area contributed by atoms with E-state index in [1.54, 1.807) is 0 Å². The Morgan fingerprint density at radius 3 is 1.57 bits per heavy atom. The molecule has 3 nitrogen and oxygen atoms in total. The minimum absolute atomic E-state index is 0.875. The quantitative estimate of drug-likeness (QED) is 0.149. The van der Waals surface area contributed by atoms with Gasteiger partial charge < -0.3 is 13.9 Å². The average molecular weight is 879 g/mol. The molecule has 0 amide bonds. The van der Waals surface area contributed by atoms with Gasteiger partial charge in [-0.25, -0.2) is 0 Å². The van der Waals surface area contributed by atoms with Gasteiger partial charge in [0.05, 0.1) is 16.7 Å². The summed E-state index contributed by atoms with van der Waals surface area (Å²) >= 11 is 0. The number of nitrogens with zero attached hydrogens (tertiary/aromatic N) is 2. The normalized spacial score (nSPS) is 11.8. The first-order valence-electron chi connectivity index (χ1n) is 23.7. The van der Waals surface area contributed by atoms with Crippen molar-refractivity contribution in [2.75, 3.05) is 4.90 Å². The first-order chi connectivity index (χ1) is 34.2. The molecule has 3 heteroatoms. The molecule has 0 bridgehead atoms. The summed E-state index contributed by atoms with van der Waals surface area (Å²) in [6.07, 6.45) is 0. The second-order valence-electron chi connectivity index (χ2n) is 18.0. The van der Waals surface area contributed by atoms with Crippen LogP contribution in [0.1, 0.15) is 0 Å². The molecule has 0 radical (unpaired) electrons. The first kappa shape index (κ1) is 39.0. The van der Waals surface area contributed by atoms with Crippen LogP contribution < -0.4 is 4.90 Å². The molecule has 0 saturated heterocycles. The minimum atomic E-state index is 0.875.